The minimum atomic E-state index is 0.639. The molecule has 0 bridgehead atoms. The molecule has 6 heteroatoms. The van der Waals surface area contributed by atoms with E-state index in [1.165, 1.54) is 5.56 Å². The first-order chi connectivity index (χ1) is 13.3. The molecule has 0 spiro atoms. The van der Waals surface area contributed by atoms with E-state index in [9.17, 15) is 0 Å². The number of nitrogens with zero attached hydrogens (tertiary/aromatic N) is 3. The summed E-state index contributed by atoms with van der Waals surface area (Å²) in [7, 11) is 3.32. The zero-order valence-corrected chi connectivity index (χ0v) is 15.9. The van der Waals surface area contributed by atoms with Crippen molar-refractivity contribution in [3.8, 4) is 22.9 Å². The maximum atomic E-state index is 5.61. The van der Waals surface area contributed by atoms with Gasteiger partial charge in [0.25, 0.3) is 0 Å². The zero-order valence-electron chi connectivity index (χ0n) is 15.1. The molecule has 0 aliphatic carbocycles. The van der Waals surface area contributed by atoms with Crippen molar-refractivity contribution in [1.29, 1.82) is 0 Å². The quantitative estimate of drug-likeness (QED) is 0.456. The molecule has 0 saturated carbocycles. The molecule has 0 aliphatic rings. The number of ether oxygens (including phenoxy) is 2. The Morgan fingerprint density at radius 1 is 0.926 bits per heavy atom. The van der Waals surface area contributed by atoms with Crippen LogP contribution in [0, 0.1) is 0 Å². The molecule has 0 atom stereocenters. The van der Waals surface area contributed by atoms with Gasteiger partial charge in [-0.3, -0.25) is 0 Å². The van der Waals surface area contributed by atoms with E-state index in [0.717, 1.165) is 33.4 Å². The highest BCUT2D eigenvalue weighted by molar-refractivity contribution is 7.98. The van der Waals surface area contributed by atoms with Crippen molar-refractivity contribution in [2.75, 3.05) is 14.2 Å². The van der Waals surface area contributed by atoms with Gasteiger partial charge in [0.2, 0.25) is 5.88 Å². The molecule has 2 aromatic carbocycles. The zero-order chi connectivity index (χ0) is 18.6. The van der Waals surface area contributed by atoms with E-state index in [-0.39, 0.29) is 0 Å². The summed E-state index contributed by atoms with van der Waals surface area (Å²) < 4.78 is 12.7. The van der Waals surface area contributed by atoms with Gasteiger partial charge in [-0.2, -0.15) is 9.61 Å². The average molecular weight is 377 g/mol. The molecule has 0 saturated heterocycles. The van der Waals surface area contributed by atoms with Gasteiger partial charge in [-0.1, -0.05) is 54.2 Å². The predicted octanol–water partition coefficient (Wildman–Crippen LogP) is 4.71. The second-order valence-corrected chi connectivity index (χ2v) is 6.91. The van der Waals surface area contributed by atoms with E-state index >= 15 is 0 Å². The minimum absolute atomic E-state index is 0.639. The van der Waals surface area contributed by atoms with E-state index < -0.39 is 0 Å². The molecule has 0 fully saturated rings. The van der Waals surface area contributed by atoms with Crippen molar-refractivity contribution < 1.29 is 9.47 Å². The van der Waals surface area contributed by atoms with Crippen molar-refractivity contribution in [2.45, 2.75) is 10.8 Å². The largest absolute Gasteiger partial charge is 0.497 e. The van der Waals surface area contributed by atoms with E-state index in [1.54, 1.807) is 30.5 Å². The van der Waals surface area contributed by atoms with Gasteiger partial charge in [-0.05, 0) is 29.8 Å². The lowest BCUT2D eigenvalue weighted by molar-refractivity contribution is 0.387. The number of hydrogen-bond donors (Lipinski definition) is 0. The molecule has 4 rings (SSSR count). The Hall–Kier alpha value is -2.99. The monoisotopic (exact) mass is 377 g/mol. The normalized spacial score (nSPS) is 10.9. The number of fused-ring (bicyclic) bond motifs is 1. The van der Waals surface area contributed by atoms with Crippen molar-refractivity contribution in [2.24, 2.45) is 0 Å². The molecule has 136 valence electrons. The van der Waals surface area contributed by atoms with Gasteiger partial charge in [-0.15, -0.1) is 0 Å². The van der Waals surface area contributed by atoms with Gasteiger partial charge < -0.3 is 9.47 Å². The summed E-state index contributed by atoms with van der Waals surface area (Å²) in [5.74, 6) is 2.30. The van der Waals surface area contributed by atoms with Gasteiger partial charge in [0.05, 0.1) is 14.2 Å². The molecular weight excluding hydrogens is 358 g/mol. The van der Waals surface area contributed by atoms with Crippen molar-refractivity contribution in [1.82, 2.24) is 14.6 Å². The van der Waals surface area contributed by atoms with Gasteiger partial charge in [0, 0.05) is 11.3 Å². The van der Waals surface area contributed by atoms with E-state index in [0.29, 0.717) is 5.88 Å². The van der Waals surface area contributed by atoms with Crippen LogP contribution in [0.4, 0.5) is 0 Å². The van der Waals surface area contributed by atoms with Crippen LogP contribution in [0.25, 0.3) is 16.9 Å². The number of aromatic nitrogens is 3. The molecule has 5 nitrogen and oxygen atoms in total. The van der Waals surface area contributed by atoms with Crippen molar-refractivity contribution >= 4 is 17.4 Å². The highest BCUT2D eigenvalue weighted by atomic mass is 32.2. The van der Waals surface area contributed by atoms with Crippen LogP contribution < -0.4 is 9.47 Å². The molecule has 2 heterocycles. The van der Waals surface area contributed by atoms with Gasteiger partial charge >= 0.3 is 0 Å². The molecule has 2 aromatic heterocycles. The summed E-state index contributed by atoms with van der Waals surface area (Å²) in [5.41, 5.74) is 3.74. The standard InChI is InChI=1S/C21H19N3O2S/c1-25-17-10-6-7-15(13-17)14-27-19-12-11-18-22-20(16-8-4-3-5-9-16)21(26-2)24(18)23-19/h3-13H,14H2,1-2H3. The summed E-state index contributed by atoms with van der Waals surface area (Å²) >= 11 is 1.66. The van der Waals surface area contributed by atoms with Crippen LogP contribution in [-0.4, -0.2) is 28.8 Å². The van der Waals surface area contributed by atoms with Gasteiger partial charge in [0.15, 0.2) is 5.65 Å². The highest BCUT2D eigenvalue weighted by Crippen LogP contribution is 2.31. The molecule has 27 heavy (non-hydrogen) atoms. The first-order valence-electron chi connectivity index (χ1n) is 8.53. The van der Waals surface area contributed by atoms with Crippen LogP contribution in [0.2, 0.25) is 0 Å². The topological polar surface area (TPSA) is 48.7 Å². The number of thioether (sulfide) groups is 1. The Bertz CT molecular complexity index is 1060. The van der Waals surface area contributed by atoms with Crippen LogP contribution in [0.3, 0.4) is 0 Å². The Labute approximate surface area is 162 Å². The SMILES string of the molecule is COc1cccc(CSc2ccc3nc(-c4ccccc4)c(OC)n3n2)c1. The lowest BCUT2D eigenvalue weighted by Crippen LogP contribution is -1.97. The number of hydrogen-bond acceptors (Lipinski definition) is 5. The maximum Gasteiger partial charge on any atom is 0.243 e. The summed E-state index contributed by atoms with van der Waals surface area (Å²) in [4.78, 5) is 4.69. The maximum absolute atomic E-state index is 5.61. The molecule has 0 amide bonds. The number of imidazole rings is 1. The lowest BCUT2D eigenvalue weighted by atomic mass is 10.2. The fourth-order valence-electron chi connectivity index (χ4n) is 2.86. The molecule has 0 radical (unpaired) electrons. The number of rotatable bonds is 6. The fourth-order valence-corrected chi connectivity index (χ4v) is 3.66. The van der Waals surface area contributed by atoms with E-state index in [1.807, 2.05) is 60.7 Å². The van der Waals surface area contributed by atoms with Crippen LogP contribution in [-0.2, 0) is 5.75 Å². The molecule has 4 aromatic rings. The van der Waals surface area contributed by atoms with Crippen molar-refractivity contribution in [3.63, 3.8) is 0 Å². The first kappa shape index (κ1) is 17.4. The molecule has 0 unspecified atom stereocenters. The van der Waals surface area contributed by atoms with Crippen LogP contribution >= 0.6 is 11.8 Å². The number of benzene rings is 2. The Balaban J connectivity index is 1.63. The average Bonchev–Trinajstić information content (AvgIpc) is 3.11. The minimum Gasteiger partial charge on any atom is -0.497 e. The van der Waals surface area contributed by atoms with Gasteiger partial charge in [-0.25, -0.2) is 4.98 Å². The van der Waals surface area contributed by atoms with Crippen LogP contribution in [0.5, 0.6) is 11.6 Å². The predicted molar refractivity (Wildman–Crippen MR) is 108 cm³/mol. The van der Waals surface area contributed by atoms with Crippen LogP contribution in [0.1, 0.15) is 5.56 Å². The third-order valence-electron chi connectivity index (χ3n) is 4.17. The van der Waals surface area contributed by atoms with Gasteiger partial charge in [0.1, 0.15) is 16.5 Å². The first-order valence-corrected chi connectivity index (χ1v) is 9.52. The fraction of sp³-hybridized carbons (Fsp3) is 0.143. The summed E-state index contributed by atoms with van der Waals surface area (Å²) in [5, 5.41) is 5.61. The lowest BCUT2D eigenvalue weighted by Gasteiger charge is -2.06. The Morgan fingerprint density at radius 2 is 1.78 bits per heavy atom. The second-order valence-electron chi connectivity index (χ2n) is 5.92. The molecule has 0 aliphatic heterocycles. The Kier molecular flexibility index (Phi) is 4.98. The van der Waals surface area contributed by atoms with E-state index in [4.69, 9.17) is 14.6 Å². The van der Waals surface area contributed by atoms with E-state index in [2.05, 4.69) is 11.1 Å². The van der Waals surface area contributed by atoms with Crippen molar-refractivity contribution in [3.05, 3.63) is 72.3 Å². The summed E-state index contributed by atoms with van der Waals surface area (Å²) in [6, 6.07) is 22.0. The number of methoxy groups -OCH3 is 2. The Morgan fingerprint density at radius 3 is 2.56 bits per heavy atom. The summed E-state index contributed by atoms with van der Waals surface area (Å²) in [6.45, 7) is 0. The molecule has 0 N–H and O–H groups in total. The molecular formula is C21H19N3O2S. The van der Waals surface area contributed by atoms with Crippen LogP contribution in [0.15, 0.2) is 71.8 Å². The highest BCUT2D eigenvalue weighted by Gasteiger charge is 2.16. The third kappa shape index (κ3) is 3.61. The third-order valence-corrected chi connectivity index (χ3v) is 5.16. The summed E-state index contributed by atoms with van der Waals surface area (Å²) in [6.07, 6.45) is 0. The smallest absolute Gasteiger partial charge is 0.243 e. The second kappa shape index (κ2) is 7.72.